The Balaban J connectivity index is 1.16. The molecule has 3 saturated heterocycles. The van der Waals surface area contributed by atoms with E-state index in [9.17, 15) is 40.9 Å². The van der Waals surface area contributed by atoms with Crippen LogP contribution in [0.2, 0.25) is 0 Å². The Labute approximate surface area is 289 Å². The lowest BCUT2D eigenvalue weighted by molar-refractivity contribution is -0.358. The molecule has 22 heteroatoms. The highest BCUT2D eigenvalue weighted by Crippen LogP contribution is 2.38. The van der Waals surface area contributed by atoms with Gasteiger partial charge in [0.2, 0.25) is 5.79 Å². The first kappa shape index (κ1) is 38.5. The van der Waals surface area contributed by atoms with Gasteiger partial charge in [0, 0.05) is 13.0 Å². The zero-order chi connectivity index (χ0) is 35.5. The molecular weight excluding hydrogens is 703 g/mol. The fourth-order valence-corrected chi connectivity index (χ4v) is 6.22. The van der Waals surface area contributed by atoms with Gasteiger partial charge in [-0.15, -0.1) is 33.4 Å². The second-order valence-electron chi connectivity index (χ2n) is 12.1. The van der Waals surface area contributed by atoms with Gasteiger partial charge in [-0.1, -0.05) is 17.4 Å². The first-order valence-corrected chi connectivity index (χ1v) is 16.6. The van der Waals surface area contributed by atoms with E-state index >= 15 is 0 Å². The van der Waals surface area contributed by atoms with Crippen LogP contribution >= 0.6 is 23.2 Å². The largest absolute Gasteiger partial charge is 0.394 e. The number of hydrogen-bond donors (Lipinski definition) is 8. The molecule has 0 amide bonds. The maximum Gasteiger partial charge on any atom is 0.214 e. The smallest absolute Gasteiger partial charge is 0.214 e. The summed E-state index contributed by atoms with van der Waals surface area (Å²) < 4.78 is 36.6. The van der Waals surface area contributed by atoms with Crippen molar-refractivity contribution in [2.75, 3.05) is 19.1 Å². The predicted molar refractivity (Wildman–Crippen MR) is 160 cm³/mol. The Morgan fingerprint density at radius 3 is 2.22 bits per heavy atom. The number of rotatable bonds is 15. The first-order chi connectivity index (χ1) is 23.4. The van der Waals surface area contributed by atoms with Crippen LogP contribution < -0.4 is 0 Å². The molecule has 3 fully saturated rings. The lowest BCUT2D eigenvalue weighted by Gasteiger charge is -2.43. The molecule has 0 radical (unpaired) electrons. The van der Waals surface area contributed by atoms with Gasteiger partial charge in [0.25, 0.3) is 0 Å². The monoisotopic (exact) mass is 744 g/mol. The maximum absolute atomic E-state index is 10.9. The predicted octanol–water partition coefficient (Wildman–Crippen LogP) is -4.06. The molecule has 0 bridgehead atoms. The third-order valence-electron chi connectivity index (χ3n) is 8.39. The minimum atomic E-state index is -2.10. The van der Waals surface area contributed by atoms with Crippen LogP contribution in [0.3, 0.4) is 0 Å². The lowest BCUT2D eigenvalue weighted by atomic mass is 9.96. The summed E-state index contributed by atoms with van der Waals surface area (Å²) in [7, 11) is 0. The van der Waals surface area contributed by atoms with Crippen molar-refractivity contribution in [3.05, 3.63) is 23.8 Å². The number of nitrogens with zero attached hydrogens (tertiary/aromatic N) is 6. The van der Waals surface area contributed by atoms with Crippen molar-refractivity contribution in [1.29, 1.82) is 0 Å². The van der Waals surface area contributed by atoms with Gasteiger partial charge in [-0.3, -0.25) is 0 Å². The fourth-order valence-electron chi connectivity index (χ4n) is 5.65. The summed E-state index contributed by atoms with van der Waals surface area (Å²) in [6.07, 6.45) is -13.5. The number of aliphatic hydroxyl groups excluding tert-OH is 8. The Morgan fingerprint density at radius 2 is 1.51 bits per heavy atom. The lowest BCUT2D eigenvalue weighted by Crippen LogP contribution is -2.61. The van der Waals surface area contributed by atoms with E-state index in [1.807, 2.05) is 6.92 Å². The van der Waals surface area contributed by atoms with Crippen molar-refractivity contribution < 1.29 is 69.3 Å². The zero-order valence-corrected chi connectivity index (χ0v) is 27.8. The van der Waals surface area contributed by atoms with Gasteiger partial charge >= 0.3 is 0 Å². The van der Waals surface area contributed by atoms with E-state index in [0.717, 1.165) is 6.42 Å². The van der Waals surface area contributed by atoms with Crippen molar-refractivity contribution in [1.82, 2.24) is 30.0 Å². The maximum atomic E-state index is 10.9. The Kier molecular flexibility index (Phi) is 13.2. The molecule has 5 heterocycles. The van der Waals surface area contributed by atoms with Crippen molar-refractivity contribution in [2.24, 2.45) is 0 Å². The van der Waals surface area contributed by atoms with Gasteiger partial charge in [-0.05, 0) is 6.42 Å². The number of ether oxygens (including phenoxy) is 6. The molecule has 2 aromatic heterocycles. The normalized spacial score (nSPS) is 39.9. The van der Waals surface area contributed by atoms with Crippen LogP contribution in [0.25, 0.3) is 0 Å². The number of aromatic nitrogens is 6. The highest BCUT2D eigenvalue weighted by molar-refractivity contribution is 6.21. The van der Waals surface area contributed by atoms with Crippen LogP contribution in [0.4, 0.5) is 0 Å². The van der Waals surface area contributed by atoms with Gasteiger partial charge in [-0.25, -0.2) is 9.36 Å². The average molecular weight is 746 g/mol. The van der Waals surface area contributed by atoms with Gasteiger partial charge in [-0.2, -0.15) is 0 Å². The minimum Gasteiger partial charge on any atom is -0.394 e. The topological polar surface area (TPSA) is 279 Å². The summed E-state index contributed by atoms with van der Waals surface area (Å²) in [5.74, 6) is -2.64. The summed E-state index contributed by atoms with van der Waals surface area (Å²) in [5, 5.41) is 98.2. The highest BCUT2D eigenvalue weighted by Gasteiger charge is 2.58. The third-order valence-corrected chi connectivity index (χ3v) is 9.30. The SMILES string of the molecule is CCCOCn1cc(C[C@H]2O[C@H](OCc3cn(C[C@H]4O[C@@](CCl)(O[C@H]5O[C@H](CO)[C@H](Cl)[C@H](O)[C@H]5O)[C@@H](O)[C@@H]4O)nn3)[C@@H](O)[C@@H](O)[C@@H]2O)nn1. The highest BCUT2D eigenvalue weighted by atomic mass is 35.5. The van der Waals surface area contributed by atoms with E-state index in [-0.39, 0.29) is 32.0 Å². The molecule has 3 aliphatic heterocycles. The summed E-state index contributed by atoms with van der Waals surface area (Å²) >= 11 is 12.1. The average Bonchev–Trinajstić information content (AvgIpc) is 3.80. The van der Waals surface area contributed by atoms with Crippen LogP contribution in [-0.4, -0.2) is 175 Å². The molecule has 2 aromatic rings. The Bertz CT molecular complexity index is 1330. The van der Waals surface area contributed by atoms with E-state index in [0.29, 0.717) is 12.3 Å². The second kappa shape index (κ2) is 16.8. The van der Waals surface area contributed by atoms with Crippen molar-refractivity contribution in [3.63, 3.8) is 0 Å². The third kappa shape index (κ3) is 8.52. The number of aliphatic hydroxyl groups is 8. The van der Waals surface area contributed by atoms with Gasteiger partial charge in [0.15, 0.2) is 12.6 Å². The standard InChI is InChI=1S/C27H42Cl2N6O14/c1-2-3-44-11-35-5-12(30-33-35)4-14-18(37)21(40)23(42)25(46-14)45-9-13-6-34(32-31-13)7-15-19(38)24(43)27(10-28,48-15)49-26-22(41)20(39)17(29)16(8-36)47-26/h5-6,14-26,36-43H,2-4,7-11H2,1H3/t14-,15-,16-,17+,18-,19-,20+,21+,22-,23+,24+,25+,26-,27+/m1/s1. The summed E-state index contributed by atoms with van der Waals surface area (Å²) in [4.78, 5) is 0. The summed E-state index contributed by atoms with van der Waals surface area (Å²) in [6, 6.07) is 0. The van der Waals surface area contributed by atoms with E-state index in [1.165, 1.54) is 15.6 Å². The molecule has 5 rings (SSSR count). The van der Waals surface area contributed by atoms with Crippen molar-refractivity contribution >= 4 is 23.2 Å². The second-order valence-corrected chi connectivity index (χ2v) is 12.8. The summed E-state index contributed by atoms with van der Waals surface area (Å²) in [5.41, 5.74) is 0.701. The van der Waals surface area contributed by atoms with Crippen LogP contribution in [0, 0.1) is 0 Å². The number of halogens is 2. The van der Waals surface area contributed by atoms with Gasteiger partial charge in [0.05, 0.1) is 55.2 Å². The molecule has 0 spiro atoms. The van der Waals surface area contributed by atoms with E-state index in [4.69, 9.17) is 51.6 Å². The molecule has 278 valence electrons. The molecule has 0 unspecified atom stereocenters. The van der Waals surface area contributed by atoms with Crippen LogP contribution in [0.5, 0.6) is 0 Å². The fraction of sp³-hybridized carbons (Fsp3) is 0.852. The quantitative estimate of drug-likeness (QED) is 0.0636. The van der Waals surface area contributed by atoms with Crippen molar-refractivity contribution in [2.45, 2.75) is 124 Å². The van der Waals surface area contributed by atoms with Gasteiger partial charge < -0.3 is 69.3 Å². The molecule has 8 N–H and O–H groups in total. The number of alkyl halides is 2. The molecule has 3 aliphatic rings. The molecule has 0 aromatic carbocycles. The Hall–Kier alpha value is -1.70. The molecule has 0 aliphatic carbocycles. The zero-order valence-electron chi connectivity index (χ0n) is 26.3. The van der Waals surface area contributed by atoms with Gasteiger partial charge in [0.1, 0.15) is 67.4 Å². The molecule has 20 nitrogen and oxygen atoms in total. The molecule has 14 atom stereocenters. The van der Waals surface area contributed by atoms with Crippen molar-refractivity contribution in [3.8, 4) is 0 Å². The molecule has 49 heavy (non-hydrogen) atoms. The molecule has 0 saturated carbocycles. The Morgan fingerprint density at radius 1 is 0.837 bits per heavy atom. The van der Waals surface area contributed by atoms with Crippen LogP contribution in [0.15, 0.2) is 12.4 Å². The summed E-state index contributed by atoms with van der Waals surface area (Å²) in [6.45, 7) is 1.70. The minimum absolute atomic E-state index is 0.0551. The molecular formula is C27H42Cl2N6O14. The van der Waals surface area contributed by atoms with Crippen LogP contribution in [0.1, 0.15) is 24.7 Å². The van der Waals surface area contributed by atoms with E-state index in [2.05, 4.69) is 20.6 Å². The van der Waals surface area contributed by atoms with E-state index in [1.54, 1.807) is 6.20 Å². The number of hydrogen-bond acceptors (Lipinski definition) is 18. The van der Waals surface area contributed by atoms with E-state index < -0.39 is 97.3 Å². The van der Waals surface area contributed by atoms with Crippen LogP contribution in [-0.2, 0) is 54.7 Å². The first-order valence-electron chi connectivity index (χ1n) is 15.6.